The molecule has 174 valence electrons. The van der Waals surface area contributed by atoms with Gasteiger partial charge in [-0.25, -0.2) is 15.0 Å². The third-order valence-corrected chi connectivity index (χ3v) is 6.71. The number of anilines is 3. The van der Waals surface area contributed by atoms with Crippen LogP contribution in [0.3, 0.4) is 0 Å². The van der Waals surface area contributed by atoms with E-state index in [0.717, 1.165) is 61.4 Å². The maximum Gasteiger partial charge on any atom is 0.230 e. The Balaban J connectivity index is 1.40. The number of halogens is 1. The minimum absolute atomic E-state index is 0.0762. The van der Waals surface area contributed by atoms with Crippen LogP contribution in [0, 0.1) is 6.92 Å². The lowest BCUT2D eigenvalue weighted by molar-refractivity contribution is -0.115. The van der Waals surface area contributed by atoms with E-state index in [9.17, 15) is 4.79 Å². The first kappa shape index (κ1) is 23.6. The van der Waals surface area contributed by atoms with Crippen LogP contribution in [0.5, 0.6) is 0 Å². The highest BCUT2D eigenvalue weighted by atomic mass is 35.5. The fourth-order valence-corrected chi connectivity index (χ4v) is 4.85. The third-order valence-electron chi connectivity index (χ3n) is 5.59. The summed E-state index contributed by atoms with van der Waals surface area (Å²) in [6.45, 7) is 12.3. The number of aromatic nitrogens is 3. The first-order valence-electron chi connectivity index (χ1n) is 11.1. The van der Waals surface area contributed by atoms with Gasteiger partial charge in [-0.05, 0) is 31.2 Å². The Hall–Kier alpha value is -2.55. The molecule has 3 aromatic rings. The normalized spacial score (nSPS) is 14.7. The van der Waals surface area contributed by atoms with Crippen LogP contribution in [-0.4, -0.2) is 51.9 Å². The molecule has 1 aliphatic rings. The van der Waals surface area contributed by atoms with Crippen molar-refractivity contribution in [1.82, 2.24) is 19.9 Å². The van der Waals surface area contributed by atoms with Crippen LogP contribution in [0.4, 0.5) is 16.6 Å². The van der Waals surface area contributed by atoms with Crippen molar-refractivity contribution < 1.29 is 4.79 Å². The number of hydrogen-bond acceptors (Lipinski definition) is 7. The lowest BCUT2D eigenvalue weighted by atomic mass is 10.2. The first-order chi connectivity index (χ1) is 15.8. The molecule has 0 spiro atoms. The molecule has 1 saturated heterocycles. The summed E-state index contributed by atoms with van der Waals surface area (Å²) in [6.07, 6.45) is 0. The number of rotatable bonds is 6. The maximum atomic E-state index is 12.3. The van der Waals surface area contributed by atoms with Gasteiger partial charge in [0.15, 0.2) is 5.13 Å². The second-order valence-corrected chi connectivity index (χ2v) is 9.87. The van der Waals surface area contributed by atoms with E-state index in [4.69, 9.17) is 21.6 Å². The Kier molecular flexibility index (Phi) is 7.26. The number of piperazine rings is 1. The van der Waals surface area contributed by atoms with Gasteiger partial charge in [0.25, 0.3) is 0 Å². The van der Waals surface area contributed by atoms with Crippen LogP contribution in [-0.2, 0) is 11.3 Å². The van der Waals surface area contributed by atoms with E-state index in [1.54, 1.807) is 24.0 Å². The summed E-state index contributed by atoms with van der Waals surface area (Å²) in [5, 5.41) is 3.35. The minimum atomic E-state index is -0.0762. The molecule has 9 heteroatoms. The van der Waals surface area contributed by atoms with Crippen molar-refractivity contribution in [1.29, 1.82) is 0 Å². The summed E-state index contributed by atoms with van der Waals surface area (Å²) >= 11 is 7.48. The van der Waals surface area contributed by atoms with Crippen LogP contribution in [0.25, 0.3) is 0 Å². The van der Waals surface area contributed by atoms with Crippen LogP contribution >= 0.6 is 22.9 Å². The quantitative estimate of drug-likeness (QED) is 0.489. The number of aryl methyl sites for hydroxylation is 1. The first-order valence-corrected chi connectivity index (χ1v) is 12.4. The number of amides is 1. The van der Waals surface area contributed by atoms with Gasteiger partial charge in [-0.1, -0.05) is 25.4 Å². The molecule has 0 N–H and O–H groups in total. The summed E-state index contributed by atoms with van der Waals surface area (Å²) in [4.78, 5) is 32.8. The summed E-state index contributed by atoms with van der Waals surface area (Å²) < 4.78 is 0. The van der Waals surface area contributed by atoms with Gasteiger partial charge < -0.3 is 4.90 Å². The average molecular weight is 485 g/mol. The van der Waals surface area contributed by atoms with Crippen molar-refractivity contribution >= 4 is 45.5 Å². The Morgan fingerprint density at radius 2 is 1.82 bits per heavy atom. The van der Waals surface area contributed by atoms with Gasteiger partial charge in [-0.3, -0.25) is 14.6 Å². The standard InChI is InChI=1S/C24H29ClN6OS/c1-16(2)23-26-17(3)13-22(28-23)30-11-9-29(10-12-30)14-20-15-33-24(27-20)31(18(4)32)21-7-5-19(25)6-8-21/h5-8,13,15-16H,9-12,14H2,1-4H3. The van der Waals surface area contributed by atoms with Crippen LogP contribution in [0.15, 0.2) is 35.7 Å². The molecular weight excluding hydrogens is 456 g/mol. The average Bonchev–Trinajstić information content (AvgIpc) is 3.23. The second kappa shape index (κ2) is 10.2. The highest BCUT2D eigenvalue weighted by molar-refractivity contribution is 7.14. The summed E-state index contributed by atoms with van der Waals surface area (Å²) in [7, 11) is 0. The predicted octanol–water partition coefficient (Wildman–Crippen LogP) is 5.03. The van der Waals surface area contributed by atoms with Crippen LogP contribution < -0.4 is 9.80 Å². The fraction of sp³-hybridized carbons (Fsp3) is 0.417. The van der Waals surface area contributed by atoms with Crippen molar-refractivity contribution in [3.05, 3.63) is 57.9 Å². The molecule has 2 aromatic heterocycles. The van der Waals surface area contributed by atoms with E-state index in [1.807, 2.05) is 24.4 Å². The molecule has 0 bridgehead atoms. The zero-order valence-corrected chi connectivity index (χ0v) is 21.0. The molecule has 1 fully saturated rings. The number of benzene rings is 1. The molecule has 4 rings (SSSR count). The lowest BCUT2D eigenvalue weighted by Gasteiger charge is -2.35. The molecule has 0 radical (unpaired) electrons. The Bertz CT molecular complexity index is 1110. The number of nitrogens with zero attached hydrogens (tertiary/aromatic N) is 6. The fourth-order valence-electron chi connectivity index (χ4n) is 3.85. The van der Waals surface area contributed by atoms with E-state index in [0.29, 0.717) is 16.1 Å². The number of hydrogen-bond donors (Lipinski definition) is 0. The molecule has 0 saturated carbocycles. The summed E-state index contributed by atoms with van der Waals surface area (Å²) in [6, 6.07) is 9.31. The van der Waals surface area contributed by atoms with E-state index in [1.165, 1.54) is 11.3 Å². The molecule has 3 heterocycles. The minimum Gasteiger partial charge on any atom is -0.354 e. The summed E-state index contributed by atoms with van der Waals surface area (Å²) in [5.41, 5.74) is 2.75. The van der Waals surface area contributed by atoms with Crippen molar-refractivity contribution in [2.24, 2.45) is 0 Å². The number of thiazole rings is 1. The topological polar surface area (TPSA) is 65.5 Å². The smallest absolute Gasteiger partial charge is 0.230 e. The van der Waals surface area contributed by atoms with Crippen molar-refractivity contribution in [3.8, 4) is 0 Å². The Morgan fingerprint density at radius 1 is 1.12 bits per heavy atom. The van der Waals surface area contributed by atoms with Crippen molar-refractivity contribution in [2.75, 3.05) is 36.0 Å². The largest absolute Gasteiger partial charge is 0.354 e. The molecule has 1 aliphatic heterocycles. The molecule has 33 heavy (non-hydrogen) atoms. The zero-order valence-electron chi connectivity index (χ0n) is 19.5. The van der Waals surface area contributed by atoms with E-state index < -0.39 is 0 Å². The zero-order chi connectivity index (χ0) is 23.5. The van der Waals surface area contributed by atoms with Crippen molar-refractivity contribution in [3.63, 3.8) is 0 Å². The lowest BCUT2D eigenvalue weighted by Crippen LogP contribution is -2.46. The van der Waals surface area contributed by atoms with Crippen molar-refractivity contribution in [2.45, 2.75) is 40.2 Å². The molecule has 0 aliphatic carbocycles. The van der Waals surface area contributed by atoms with Crippen LogP contribution in [0.2, 0.25) is 5.02 Å². The third kappa shape index (κ3) is 5.69. The molecule has 1 aromatic carbocycles. The molecular formula is C24H29ClN6OS. The highest BCUT2D eigenvalue weighted by Crippen LogP contribution is 2.30. The SMILES string of the molecule is CC(=O)N(c1ccc(Cl)cc1)c1nc(CN2CCN(c3cc(C)nc(C(C)C)n3)CC2)cs1. The van der Waals surface area contributed by atoms with Crippen LogP contribution in [0.1, 0.15) is 43.9 Å². The monoisotopic (exact) mass is 484 g/mol. The highest BCUT2D eigenvalue weighted by Gasteiger charge is 2.22. The van der Waals surface area contributed by atoms with Gasteiger partial charge in [-0.15, -0.1) is 11.3 Å². The molecule has 0 unspecified atom stereocenters. The Labute approximate surface area is 204 Å². The maximum absolute atomic E-state index is 12.3. The van der Waals surface area contributed by atoms with E-state index in [2.05, 4.69) is 34.7 Å². The van der Waals surface area contributed by atoms with E-state index in [-0.39, 0.29) is 5.91 Å². The van der Waals surface area contributed by atoms with Gasteiger partial charge in [0.2, 0.25) is 5.91 Å². The van der Waals surface area contributed by atoms with Gasteiger partial charge in [0.1, 0.15) is 11.6 Å². The predicted molar refractivity (Wildman–Crippen MR) is 135 cm³/mol. The van der Waals surface area contributed by atoms with Gasteiger partial charge >= 0.3 is 0 Å². The summed E-state index contributed by atoms with van der Waals surface area (Å²) in [5.74, 6) is 2.15. The number of carbonyl (C=O) groups is 1. The second-order valence-electron chi connectivity index (χ2n) is 8.60. The molecule has 0 atom stereocenters. The van der Waals surface area contributed by atoms with Gasteiger partial charge in [0, 0.05) is 67.7 Å². The van der Waals surface area contributed by atoms with Gasteiger partial charge in [-0.2, -0.15) is 0 Å². The molecule has 1 amide bonds. The number of carbonyl (C=O) groups excluding carboxylic acids is 1. The van der Waals surface area contributed by atoms with E-state index >= 15 is 0 Å². The Morgan fingerprint density at radius 3 is 2.45 bits per heavy atom. The van der Waals surface area contributed by atoms with Gasteiger partial charge in [0.05, 0.1) is 11.4 Å². The molecule has 7 nitrogen and oxygen atoms in total.